The number of aromatic nitrogens is 1. The summed E-state index contributed by atoms with van der Waals surface area (Å²) in [6.45, 7) is 7.17. The molecule has 0 saturated carbocycles. The summed E-state index contributed by atoms with van der Waals surface area (Å²) in [5.74, 6) is -0.0105. The maximum atomic E-state index is 13.5. The molecule has 2 heterocycles. The predicted molar refractivity (Wildman–Crippen MR) is 135 cm³/mol. The van der Waals surface area contributed by atoms with Gasteiger partial charge in [0.2, 0.25) is 0 Å². The number of fused-ring (bicyclic) bond motifs is 1. The average Bonchev–Trinajstić information content (AvgIpc) is 2.81. The second-order valence-electron chi connectivity index (χ2n) is 9.05. The summed E-state index contributed by atoms with van der Waals surface area (Å²) in [6.07, 6.45) is 3.81. The minimum atomic E-state index is -0.0590. The van der Waals surface area contributed by atoms with E-state index in [4.69, 9.17) is 15.9 Å². The van der Waals surface area contributed by atoms with Crippen LogP contribution in [0, 0.1) is 5.41 Å². The Kier molecular flexibility index (Phi) is 7.26. The third-order valence-corrected chi connectivity index (χ3v) is 6.82. The molecule has 33 heavy (non-hydrogen) atoms. The lowest BCUT2D eigenvalue weighted by molar-refractivity contribution is 0.0474. The SMILES string of the molecule is C[C@@H]1CCC[C@H](C)N1CCOCCn1c(=O)c(-c2cccc(C(=N)N)c2)cc2ccccc21. The Morgan fingerprint density at radius 3 is 2.52 bits per heavy atom. The number of rotatable bonds is 8. The highest BCUT2D eigenvalue weighted by atomic mass is 16.5. The van der Waals surface area contributed by atoms with Crippen molar-refractivity contribution in [1.29, 1.82) is 5.41 Å². The second-order valence-corrected chi connectivity index (χ2v) is 9.05. The molecular weight excluding hydrogens is 412 g/mol. The molecule has 0 spiro atoms. The van der Waals surface area contributed by atoms with E-state index in [2.05, 4.69) is 18.7 Å². The molecule has 2 aromatic carbocycles. The van der Waals surface area contributed by atoms with Crippen LogP contribution in [0.3, 0.4) is 0 Å². The molecule has 1 fully saturated rings. The molecule has 1 aromatic heterocycles. The lowest BCUT2D eigenvalue weighted by atomic mass is 9.98. The van der Waals surface area contributed by atoms with Gasteiger partial charge in [0.05, 0.1) is 18.7 Å². The average molecular weight is 447 g/mol. The van der Waals surface area contributed by atoms with Crippen molar-refractivity contribution in [2.24, 2.45) is 5.73 Å². The first kappa shape index (κ1) is 23.2. The molecule has 2 atom stereocenters. The monoisotopic (exact) mass is 446 g/mol. The zero-order valence-corrected chi connectivity index (χ0v) is 19.6. The number of nitrogens with two attached hydrogens (primary N) is 1. The molecular formula is C27H34N4O2. The van der Waals surface area contributed by atoms with Gasteiger partial charge >= 0.3 is 0 Å². The molecule has 3 N–H and O–H groups in total. The summed E-state index contributed by atoms with van der Waals surface area (Å²) in [5.41, 5.74) is 8.48. The zero-order valence-electron chi connectivity index (χ0n) is 19.6. The van der Waals surface area contributed by atoms with E-state index in [1.807, 2.05) is 42.5 Å². The fourth-order valence-corrected chi connectivity index (χ4v) is 4.95. The van der Waals surface area contributed by atoms with Crippen LogP contribution in [0.4, 0.5) is 0 Å². The van der Waals surface area contributed by atoms with Crippen LogP contribution < -0.4 is 11.3 Å². The first-order valence-corrected chi connectivity index (χ1v) is 11.9. The van der Waals surface area contributed by atoms with Gasteiger partial charge < -0.3 is 15.0 Å². The van der Waals surface area contributed by atoms with Crippen LogP contribution in [0.25, 0.3) is 22.0 Å². The first-order chi connectivity index (χ1) is 16.0. The molecule has 6 nitrogen and oxygen atoms in total. The summed E-state index contributed by atoms with van der Waals surface area (Å²) in [7, 11) is 0. The van der Waals surface area contributed by atoms with Gasteiger partial charge in [-0.05, 0) is 55.8 Å². The van der Waals surface area contributed by atoms with Crippen molar-refractivity contribution in [2.45, 2.75) is 51.7 Å². The second kappa shape index (κ2) is 10.3. The van der Waals surface area contributed by atoms with Crippen molar-refractivity contribution < 1.29 is 4.74 Å². The Morgan fingerprint density at radius 2 is 1.76 bits per heavy atom. The van der Waals surface area contributed by atoms with Gasteiger partial charge in [-0.25, -0.2) is 0 Å². The van der Waals surface area contributed by atoms with Gasteiger partial charge in [0, 0.05) is 36.3 Å². The standard InChI is InChI=1S/C27H34N4O2/c1-19-7-5-8-20(2)30(19)13-15-33-16-14-31-25-12-4-3-9-22(25)18-24(27(31)32)21-10-6-11-23(17-21)26(28)29/h3-4,6,9-12,17-20H,5,7-8,13-16H2,1-2H3,(H3,28,29)/t19-,20+. The van der Waals surface area contributed by atoms with Gasteiger partial charge in [-0.15, -0.1) is 0 Å². The summed E-state index contributed by atoms with van der Waals surface area (Å²) in [4.78, 5) is 16.0. The largest absolute Gasteiger partial charge is 0.384 e. The number of benzene rings is 2. The first-order valence-electron chi connectivity index (χ1n) is 11.9. The minimum absolute atomic E-state index is 0.0105. The maximum Gasteiger partial charge on any atom is 0.258 e. The number of likely N-dealkylation sites (tertiary alicyclic amines) is 1. The lowest BCUT2D eigenvalue weighted by Crippen LogP contribution is -2.45. The summed E-state index contributed by atoms with van der Waals surface area (Å²) in [6, 6.07) is 18.4. The fourth-order valence-electron chi connectivity index (χ4n) is 4.95. The van der Waals surface area contributed by atoms with Crippen molar-refractivity contribution in [2.75, 3.05) is 19.8 Å². The third kappa shape index (κ3) is 5.18. The molecule has 174 valence electrons. The van der Waals surface area contributed by atoms with E-state index in [-0.39, 0.29) is 11.4 Å². The number of nitrogens with one attached hydrogen (secondary N) is 1. The third-order valence-electron chi connectivity index (χ3n) is 6.82. The summed E-state index contributed by atoms with van der Waals surface area (Å²) >= 11 is 0. The Hall–Kier alpha value is -2.96. The molecule has 6 heteroatoms. The van der Waals surface area contributed by atoms with Crippen molar-refractivity contribution in [1.82, 2.24) is 9.47 Å². The molecule has 1 aliphatic rings. The highest BCUT2D eigenvalue weighted by Gasteiger charge is 2.23. The van der Waals surface area contributed by atoms with Crippen LogP contribution in [0.1, 0.15) is 38.7 Å². The quantitative estimate of drug-likeness (QED) is 0.308. The Labute approximate surface area is 195 Å². The van der Waals surface area contributed by atoms with E-state index in [0.29, 0.717) is 43.0 Å². The van der Waals surface area contributed by atoms with Crippen molar-refractivity contribution in [3.8, 4) is 11.1 Å². The predicted octanol–water partition coefficient (Wildman–Crippen LogP) is 4.23. The van der Waals surface area contributed by atoms with E-state index in [1.54, 1.807) is 16.7 Å². The van der Waals surface area contributed by atoms with Crippen LogP contribution in [0.5, 0.6) is 0 Å². The summed E-state index contributed by atoms with van der Waals surface area (Å²) in [5, 5.41) is 8.72. The van der Waals surface area contributed by atoms with Crippen LogP contribution >= 0.6 is 0 Å². The zero-order chi connectivity index (χ0) is 23.4. The molecule has 0 unspecified atom stereocenters. The van der Waals surface area contributed by atoms with E-state index in [1.165, 1.54) is 19.3 Å². The number of ether oxygens (including phenoxy) is 1. The van der Waals surface area contributed by atoms with Gasteiger partial charge in [0.1, 0.15) is 5.84 Å². The highest BCUT2D eigenvalue weighted by molar-refractivity contribution is 5.96. The van der Waals surface area contributed by atoms with Crippen molar-refractivity contribution in [3.63, 3.8) is 0 Å². The normalized spacial score (nSPS) is 19.1. The molecule has 1 aliphatic heterocycles. The Bertz CT molecular complexity index is 1180. The number of para-hydroxylation sites is 1. The number of hydrogen-bond donors (Lipinski definition) is 2. The molecule has 1 saturated heterocycles. The van der Waals surface area contributed by atoms with Gasteiger partial charge in [-0.3, -0.25) is 15.1 Å². The van der Waals surface area contributed by atoms with E-state index in [9.17, 15) is 4.79 Å². The van der Waals surface area contributed by atoms with Crippen LogP contribution in [0.2, 0.25) is 0 Å². The van der Waals surface area contributed by atoms with Gasteiger partial charge in [0.25, 0.3) is 5.56 Å². The topological polar surface area (TPSA) is 84.3 Å². The summed E-state index contributed by atoms with van der Waals surface area (Å²) < 4.78 is 7.79. The molecule has 4 rings (SSSR count). The van der Waals surface area contributed by atoms with Gasteiger partial charge in [0.15, 0.2) is 0 Å². The Morgan fingerprint density at radius 1 is 1.03 bits per heavy atom. The van der Waals surface area contributed by atoms with E-state index < -0.39 is 0 Å². The number of piperidine rings is 1. The lowest BCUT2D eigenvalue weighted by Gasteiger charge is -2.38. The number of nitrogen functional groups attached to an aromatic ring is 1. The van der Waals surface area contributed by atoms with Crippen LogP contribution in [-0.4, -0.2) is 47.1 Å². The molecule has 0 amide bonds. The van der Waals surface area contributed by atoms with Crippen LogP contribution in [0.15, 0.2) is 59.4 Å². The van der Waals surface area contributed by atoms with Crippen molar-refractivity contribution in [3.05, 3.63) is 70.5 Å². The number of nitrogens with zero attached hydrogens (tertiary/aromatic N) is 2. The maximum absolute atomic E-state index is 13.5. The van der Waals surface area contributed by atoms with Crippen molar-refractivity contribution >= 4 is 16.7 Å². The molecule has 0 aliphatic carbocycles. The number of amidine groups is 1. The van der Waals surface area contributed by atoms with E-state index >= 15 is 0 Å². The highest BCUT2D eigenvalue weighted by Crippen LogP contribution is 2.23. The minimum Gasteiger partial charge on any atom is -0.384 e. The van der Waals surface area contributed by atoms with Gasteiger partial charge in [-0.2, -0.15) is 0 Å². The van der Waals surface area contributed by atoms with E-state index in [0.717, 1.165) is 23.0 Å². The smallest absolute Gasteiger partial charge is 0.258 e. The molecule has 3 aromatic rings. The number of pyridine rings is 1. The van der Waals surface area contributed by atoms with Gasteiger partial charge in [-0.1, -0.05) is 42.8 Å². The fraction of sp³-hybridized carbons (Fsp3) is 0.407. The molecule has 0 bridgehead atoms. The molecule has 0 radical (unpaired) electrons. The number of hydrogen-bond acceptors (Lipinski definition) is 4. The van der Waals surface area contributed by atoms with Crippen LogP contribution in [-0.2, 0) is 11.3 Å². The Balaban J connectivity index is 1.52.